The van der Waals surface area contributed by atoms with Crippen LogP contribution in [0.5, 0.6) is 5.75 Å². The maximum atomic E-state index is 13.8. The fourth-order valence-electron chi connectivity index (χ4n) is 1.88. The predicted molar refractivity (Wildman–Crippen MR) is 76.5 cm³/mol. The second-order valence-electron chi connectivity index (χ2n) is 4.48. The van der Waals surface area contributed by atoms with Gasteiger partial charge in [-0.2, -0.15) is 5.26 Å². The Hall–Kier alpha value is -2.67. The van der Waals surface area contributed by atoms with Crippen LogP contribution in [0.2, 0.25) is 0 Å². The highest BCUT2D eigenvalue weighted by Gasteiger charge is 2.08. The SMILES string of the molecule is CCC(=O)c1ccc(OCc2cccc(C#N)c2F)cc1. The van der Waals surface area contributed by atoms with E-state index in [2.05, 4.69) is 0 Å². The molecule has 0 radical (unpaired) electrons. The van der Waals surface area contributed by atoms with Crippen LogP contribution in [0.1, 0.15) is 34.8 Å². The molecule has 21 heavy (non-hydrogen) atoms. The molecule has 0 aliphatic heterocycles. The van der Waals surface area contributed by atoms with Crippen molar-refractivity contribution in [3.63, 3.8) is 0 Å². The summed E-state index contributed by atoms with van der Waals surface area (Å²) in [5.74, 6) is 0.0523. The van der Waals surface area contributed by atoms with E-state index in [0.29, 0.717) is 23.3 Å². The Kier molecular flexibility index (Phi) is 4.68. The molecular formula is C17H14FNO2. The van der Waals surface area contributed by atoms with E-state index >= 15 is 0 Å². The number of benzene rings is 2. The number of rotatable bonds is 5. The smallest absolute Gasteiger partial charge is 0.162 e. The first-order valence-electron chi connectivity index (χ1n) is 6.59. The van der Waals surface area contributed by atoms with Crippen LogP contribution in [0.25, 0.3) is 0 Å². The van der Waals surface area contributed by atoms with Crippen molar-refractivity contribution in [1.29, 1.82) is 5.26 Å². The van der Waals surface area contributed by atoms with Crippen LogP contribution in [0.15, 0.2) is 42.5 Å². The first-order chi connectivity index (χ1) is 10.2. The second kappa shape index (κ2) is 6.67. The van der Waals surface area contributed by atoms with Crippen molar-refractivity contribution < 1.29 is 13.9 Å². The zero-order valence-corrected chi connectivity index (χ0v) is 11.6. The fraction of sp³-hybridized carbons (Fsp3) is 0.176. The fourth-order valence-corrected chi connectivity index (χ4v) is 1.88. The van der Waals surface area contributed by atoms with Gasteiger partial charge >= 0.3 is 0 Å². The Bertz CT molecular complexity index is 687. The molecule has 0 heterocycles. The summed E-state index contributed by atoms with van der Waals surface area (Å²) in [6, 6.07) is 13.1. The molecular weight excluding hydrogens is 269 g/mol. The Morgan fingerprint density at radius 1 is 1.24 bits per heavy atom. The van der Waals surface area contributed by atoms with Crippen molar-refractivity contribution in [2.45, 2.75) is 20.0 Å². The third-order valence-corrected chi connectivity index (χ3v) is 3.09. The normalized spacial score (nSPS) is 9.95. The maximum absolute atomic E-state index is 13.8. The topological polar surface area (TPSA) is 50.1 Å². The van der Waals surface area contributed by atoms with E-state index in [1.165, 1.54) is 6.07 Å². The van der Waals surface area contributed by atoms with Gasteiger partial charge in [0, 0.05) is 17.5 Å². The van der Waals surface area contributed by atoms with Gasteiger partial charge in [-0.05, 0) is 30.3 Å². The van der Waals surface area contributed by atoms with Crippen molar-refractivity contribution >= 4 is 5.78 Å². The average molecular weight is 283 g/mol. The first kappa shape index (κ1) is 14.7. The summed E-state index contributed by atoms with van der Waals surface area (Å²) in [4.78, 5) is 11.5. The predicted octanol–water partition coefficient (Wildman–Crippen LogP) is 3.87. The summed E-state index contributed by atoms with van der Waals surface area (Å²) in [5.41, 5.74) is 0.949. The van der Waals surface area contributed by atoms with E-state index in [-0.39, 0.29) is 18.0 Å². The van der Waals surface area contributed by atoms with E-state index < -0.39 is 5.82 Å². The Morgan fingerprint density at radius 2 is 1.95 bits per heavy atom. The van der Waals surface area contributed by atoms with Crippen LogP contribution in [0, 0.1) is 17.1 Å². The standard InChI is InChI=1S/C17H14FNO2/c1-2-16(20)12-6-8-15(9-7-12)21-11-14-5-3-4-13(10-19)17(14)18/h3-9H,2,11H2,1H3. The molecule has 2 aromatic rings. The molecule has 4 heteroatoms. The van der Waals surface area contributed by atoms with Crippen molar-refractivity contribution in [1.82, 2.24) is 0 Å². The lowest BCUT2D eigenvalue weighted by atomic mass is 10.1. The van der Waals surface area contributed by atoms with Gasteiger partial charge in [0.25, 0.3) is 0 Å². The lowest BCUT2D eigenvalue weighted by Gasteiger charge is -2.08. The van der Waals surface area contributed by atoms with E-state index in [1.54, 1.807) is 49.4 Å². The van der Waals surface area contributed by atoms with Crippen LogP contribution in [0.4, 0.5) is 4.39 Å². The molecule has 2 rings (SSSR count). The number of hydrogen-bond acceptors (Lipinski definition) is 3. The van der Waals surface area contributed by atoms with Gasteiger partial charge in [0.1, 0.15) is 24.2 Å². The molecule has 0 amide bonds. The molecule has 3 nitrogen and oxygen atoms in total. The number of ketones is 1. The molecule has 106 valence electrons. The Labute approximate surface area is 122 Å². The molecule has 0 aliphatic carbocycles. The third-order valence-electron chi connectivity index (χ3n) is 3.09. The monoisotopic (exact) mass is 283 g/mol. The van der Waals surface area contributed by atoms with Crippen molar-refractivity contribution in [3.05, 3.63) is 65.0 Å². The number of ether oxygens (including phenoxy) is 1. The number of halogens is 1. The van der Waals surface area contributed by atoms with Crippen molar-refractivity contribution in [2.75, 3.05) is 0 Å². The van der Waals surface area contributed by atoms with Crippen LogP contribution < -0.4 is 4.74 Å². The minimum Gasteiger partial charge on any atom is -0.489 e. The van der Waals surface area contributed by atoms with Gasteiger partial charge < -0.3 is 4.74 Å². The maximum Gasteiger partial charge on any atom is 0.162 e. The molecule has 0 fully saturated rings. The molecule has 0 N–H and O–H groups in total. The van der Waals surface area contributed by atoms with Gasteiger partial charge in [0.2, 0.25) is 0 Å². The van der Waals surface area contributed by atoms with E-state index in [1.807, 2.05) is 0 Å². The minimum atomic E-state index is -0.558. The average Bonchev–Trinajstić information content (AvgIpc) is 2.53. The number of carbonyl (C=O) groups is 1. The molecule has 0 spiro atoms. The van der Waals surface area contributed by atoms with Crippen LogP contribution in [0.3, 0.4) is 0 Å². The van der Waals surface area contributed by atoms with Crippen LogP contribution in [-0.2, 0) is 6.61 Å². The van der Waals surface area contributed by atoms with Crippen molar-refractivity contribution in [3.8, 4) is 11.8 Å². The lowest BCUT2D eigenvalue weighted by molar-refractivity contribution is 0.0988. The molecule has 0 aromatic heterocycles. The van der Waals surface area contributed by atoms with E-state index in [4.69, 9.17) is 10.00 Å². The molecule has 0 saturated carbocycles. The number of Topliss-reactive ketones (excluding diaryl/α,β-unsaturated/α-hetero) is 1. The Morgan fingerprint density at radius 3 is 2.57 bits per heavy atom. The molecule has 0 atom stereocenters. The summed E-state index contributed by atoms with van der Waals surface area (Å²) in [7, 11) is 0. The quantitative estimate of drug-likeness (QED) is 0.783. The van der Waals surface area contributed by atoms with E-state index in [0.717, 1.165) is 0 Å². The number of nitriles is 1. The van der Waals surface area contributed by atoms with E-state index in [9.17, 15) is 9.18 Å². The van der Waals surface area contributed by atoms with Gasteiger partial charge in [0.15, 0.2) is 5.78 Å². The molecule has 0 unspecified atom stereocenters. The van der Waals surface area contributed by atoms with Crippen LogP contribution in [-0.4, -0.2) is 5.78 Å². The van der Waals surface area contributed by atoms with Gasteiger partial charge in [-0.15, -0.1) is 0 Å². The van der Waals surface area contributed by atoms with Gasteiger partial charge in [-0.3, -0.25) is 4.79 Å². The molecule has 0 aliphatic rings. The summed E-state index contributed by atoms with van der Waals surface area (Å²) >= 11 is 0. The third kappa shape index (κ3) is 3.46. The summed E-state index contributed by atoms with van der Waals surface area (Å²) in [6.45, 7) is 1.83. The van der Waals surface area contributed by atoms with Gasteiger partial charge in [0.05, 0.1) is 5.56 Å². The largest absolute Gasteiger partial charge is 0.489 e. The second-order valence-corrected chi connectivity index (χ2v) is 4.48. The van der Waals surface area contributed by atoms with Crippen molar-refractivity contribution in [2.24, 2.45) is 0 Å². The highest BCUT2D eigenvalue weighted by molar-refractivity contribution is 5.95. The molecule has 0 bridgehead atoms. The number of carbonyl (C=O) groups excluding carboxylic acids is 1. The summed E-state index contributed by atoms with van der Waals surface area (Å²) in [5, 5.41) is 8.77. The summed E-state index contributed by atoms with van der Waals surface area (Å²) < 4.78 is 19.3. The zero-order chi connectivity index (χ0) is 15.2. The zero-order valence-electron chi connectivity index (χ0n) is 11.6. The highest BCUT2D eigenvalue weighted by atomic mass is 19.1. The van der Waals surface area contributed by atoms with Crippen LogP contribution >= 0.6 is 0 Å². The molecule has 0 saturated heterocycles. The van der Waals surface area contributed by atoms with Gasteiger partial charge in [-0.25, -0.2) is 4.39 Å². The van der Waals surface area contributed by atoms with Gasteiger partial charge in [-0.1, -0.05) is 19.1 Å². The highest BCUT2D eigenvalue weighted by Crippen LogP contribution is 2.17. The number of nitrogens with zero attached hydrogens (tertiary/aromatic N) is 1. The minimum absolute atomic E-state index is 0.00000887. The number of hydrogen-bond donors (Lipinski definition) is 0. The Balaban J connectivity index is 2.07. The lowest BCUT2D eigenvalue weighted by Crippen LogP contribution is -2.01. The summed E-state index contributed by atoms with van der Waals surface area (Å²) in [6.07, 6.45) is 0.451. The molecule has 2 aromatic carbocycles. The first-order valence-corrected chi connectivity index (χ1v) is 6.59.